The number of amides is 1. The predicted octanol–water partition coefficient (Wildman–Crippen LogP) is 2.82. The summed E-state index contributed by atoms with van der Waals surface area (Å²) >= 11 is 1.15. The van der Waals surface area contributed by atoms with E-state index in [1.165, 1.54) is 32.1 Å². The Balaban J connectivity index is 1.79. The van der Waals surface area contributed by atoms with Crippen LogP contribution in [0.5, 0.6) is 0 Å². The summed E-state index contributed by atoms with van der Waals surface area (Å²) in [6, 6.07) is 3.12. The first-order chi connectivity index (χ1) is 12.8. The maximum absolute atomic E-state index is 12.5. The van der Waals surface area contributed by atoms with Crippen molar-refractivity contribution in [3.63, 3.8) is 0 Å². The fourth-order valence-corrected chi connectivity index (χ4v) is 5.84. The van der Waals surface area contributed by atoms with E-state index in [0.29, 0.717) is 12.6 Å². The molecule has 1 saturated carbocycles. The third-order valence-corrected chi connectivity index (χ3v) is 8.01. The van der Waals surface area contributed by atoms with Crippen molar-refractivity contribution < 1.29 is 13.2 Å². The van der Waals surface area contributed by atoms with Gasteiger partial charge < -0.3 is 10.2 Å². The van der Waals surface area contributed by atoms with E-state index in [1.807, 2.05) is 13.8 Å². The summed E-state index contributed by atoms with van der Waals surface area (Å²) in [6.07, 6.45) is 7.36. The van der Waals surface area contributed by atoms with Crippen LogP contribution in [0.25, 0.3) is 0 Å². The molecule has 154 valence electrons. The largest absolute Gasteiger partial charge is 0.355 e. The average molecular weight is 416 g/mol. The molecule has 6 nitrogen and oxygen atoms in total. The highest BCUT2D eigenvalue weighted by Gasteiger charge is 2.28. The molecule has 1 aromatic rings. The Morgan fingerprint density at radius 3 is 2.59 bits per heavy atom. The van der Waals surface area contributed by atoms with Gasteiger partial charge in [0.15, 0.2) is 0 Å². The van der Waals surface area contributed by atoms with E-state index >= 15 is 0 Å². The van der Waals surface area contributed by atoms with Crippen LogP contribution in [0, 0.1) is 5.92 Å². The Bertz CT molecular complexity index is 668. The van der Waals surface area contributed by atoms with Gasteiger partial charge in [-0.1, -0.05) is 39.2 Å². The average Bonchev–Trinajstić information content (AvgIpc) is 3.19. The van der Waals surface area contributed by atoms with Crippen LogP contribution >= 0.6 is 11.3 Å². The van der Waals surface area contributed by atoms with Gasteiger partial charge in [-0.2, -0.15) is 4.72 Å². The van der Waals surface area contributed by atoms with Crippen LogP contribution in [0.15, 0.2) is 21.7 Å². The van der Waals surface area contributed by atoms with Crippen molar-refractivity contribution in [2.45, 2.75) is 68.7 Å². The minimum absolute atomic E-state index is 0.135. The number of thiophene rings is 1. The first-order valence-electron chi connectivity index (χ1n) is 9.85. The number of rotatable bonds is 10. The van der Waals surface area contributed by atoms with Gasteiger partial charge in [-0.3, -0.25) is 4.79 Å². The summed E-state index contributed by atoms with van der Waals surface area (Å²) < 4.78 is 27.6. The van der Waals surface area contributed by atoms with E-state index in [1.54, 1.807) is 17.5 Å². The van der Waals surface area contributed by atoms with Crippen molar-refractivity contribution in [2.75, 3.05) is 20.1 Å². The number of hydrogen-bond donors (Lipinski definition) is 2. The highest BCUT2D eigenvalue weighted by atomic mass is 32.2. The fraction of sp³-hybridized carbons (Fsp3) is 0.737. The minimum atomic E-state index is -3.67. The Labute approximate surface area is 167 Å². The van der Waals surface area contributed by atoms with Gasteiger partial charge in [0.25, 0.3) is 10.0 Å². The van der Waals surface area contributed by atoms with E-state index < -0.39 is 16.1 Å². The smallest absolute Gasteiger partial charge is 0.250 e. The Kier molecular flexibility index (Phi) is 8.72. The third kappa shape index (κ3) is 6.85. The molecule has 1 unspecified atom stereocenters. The van der Waals surface area contributed by atoms with Crippen LogP contribution in [0.4, 0.5) is 0 Å². The molecule has 0 saturated heterocycles. The van der Waals surface area contributed by atoms with Crippen LogP contribution in [0.1, 0.15) is 52.4 Å². The highest BCUT2D eigenvalue weighted by Crippen LogP contribution is 2.21. The molecule has 1 aliphatic carbocycles. The van der Waals surface area contributed by atoms with Gasteiger partial charge in [0.1, 0.15) is 10.3 Å². The summed E-state index contributed by atoms with van der Waals surface area (Å²) in [6.45, 7) is 5.19. The molecule has 0 aromatic carbocycles. The lowest BCUT2D eigenvalue weighted by molar-refractivity contribution is -0.123. The molecule has 8 heteroatoms. The molecule has 0 spiro atoms. The predicted molar refractivity (Wildman–Crippen MR) is 110 cm³/mol. The molecular formula is C19H33N3O3S2. The number of hydrogen-bond acceptors (Lipinski definition) is 5. The maximum Gasteiger partial charge on any atom is 0.250 e. The van der Waals surface area contributed by atoms with Crippen molar-refractivity contribution in [3.05, 3.63) is 17.5 Å². The number of carbonyl (C=O) groups excluding carboxylic acids is 1. The Morgan fingerprint density at radius 1 is 1.30 bits per heavy atom. The second-order valence-corrected chi connectivity index (χ2v) is 10.6. The lowest BCUT2D eigenvalue weighted by Crippen LogP contribution is -2.49. The molecule has 2 rings (SSSR count). The van der Waals surface area contributed by atoms with E-state index in [4.69, 9.17) is 0 Å². The zero-order valence-corrected chi connectivity index (χ0v) is 18.2. The van der Waals surface area contributed by atoms with Crippen LogP contribution in [0.2, 0.25) is 0 Å². The molecule has 1 atom stereocenters. The molecule has 1 heterocycles. The molecule has 27 heavy (non-hydrogen) atoms. The molecule has 2 N–H and O–H groups in total. The Hall–Kier alpha value is -0.960. The van der Waals surface area contributed by atoms with Gasteiger partial charge in [0, 0.05) is 12.6 Å². The van der Waals surface area contributed by atoms with Crippen molar-refractivity contribution in [1.82, 2.24) is 14.9 Å². The summed E-state index contributed by atoms with van der Waals surface area (Å²) in [7, 11) is -1.51. The number of nitrogens with one attached hydrogen (secondary N) is 2. The first-order valence-corrected chi connectivity index (χ1v) is 12.2. The number of sulfonamides is 1. The number of nitrogens with zero attached hydrogens (tertiary/aromatic N) is 1. The Morgan fingerprint density at radius 2 is 2.00 bits per heavy atom. The van der Waals surface area contributed by atoms with E-state index in [0.717, 1.165) is 24.3 Å². The van der Waals surface area contributed by atoms with Crippen molar-refractivity contribution in [3.8, 4) is 0 Å². The van der Waals surface area contributed by atoms with Crippen molar-refractivity contribution >= 4 is 27.3 Å². The molecule has 1 amide bonds. The summed E-state index contributed by atoms with van der Waals surface area (Å²) in [4.78, 5) is 14.9. The van der Waals surface area contributed by atoms with Crippen molar-refractivity contribution in [2.24, 2.45) is 5.92 Å². The minimum Gasteiger partial charge on any atom is -0.355 e. The van der Waals surface area contributed by atoms with Gasteiger partial charge in [0.05, 0.1) is 0 Å². The third-order valence-electron chi connectivity index (χ3n) is 5.18. The zero-order valence-electron chi connectivity index (χ0n) is 16.6. The van der Waals surface area contributed by atoms with Gasteiger partial charge in [-0.25, -0.2) is 8.42 Å². The number of carbonyl (C=O) groups is 1. The van der Waals surface area contributed by atoms with Gasteiger partial charge in [-0.15, -0.1) is 11.3 Å². The van der Waals surface area contributed by atoms with Crippen LogP contribution < -0.4 is 10.0 Å². The monoisotopic (exact) mass is 415 g/mol. The van der Waals surface area contributed by atoms with Gasteiger partial charge in [0.2, 0.25) is 5.91 Å². The molecule has 1 aromatic heterocycles. The lowest BCUT2D eigenvalue weighted by atomic mass is 9.94. The molecule has 0 radical (unpaired) electrons. The fourth-order valence-electron chi connectivity index (χ4n) is 3.49. The lowest BCUT2D eigenvalue weighted by Gasteiger charge is -2.31. The molecule has 1 aliphatic rings. The normalized spacial score (nSPS) is 17.4. The van der Waals surface area contributed by atoms with Gasteiger partial charge in [-0.05, 0) is 50.2 Å². The first kappa shape index (κ1) is 22.3. The summed E-state index contributed by atoms with van der Waals surface area (Å²) in [5.74, 6) is -0.393. The van der Waals surface area contributed by atoms with Crippen molar-refractivity contribution in [1.29, 1.82) is 0 Å². The summed E-state index contributed by atoms with van der Waals surface area (Å²) in [5.41, 5.74) is 0. The topological polar surface area (TPSA) is 78.5 Å². The quantitative estimate of drug-likeness (QED) is 0.576. The van der Waals surface area contributed by atoms with E-state index in [2.05, 4.69) is 22.0 Å². The molecular weight excluding hydrogens is 382 g/mol. The van der Waals surface area contributed by atoms with Gasteiger partial charge >= 0.3 is 0 Å². The second-order valence-electron chi connectivity index (χ2n) is 7.69. The highest BCUT2D eigenvalue weighted by molar-refractivity contribution is 7.91. The SMILES string of the molecule is CC(C)C(NS(=O)(=O)c1cccs1)C(=O)NCCCN(C)C1CCCCC1. The standard InChI is InChI=1S/C19H33N3O3S2/c1-15(2)18(21-27(24,25)17-11-7-14-26-17)19(23)20-12-8-13-22(3)16-9-5-4-6-10-16/h7,11,14-16,18,21H,4-6,8-10,12-13H2,1-3H3,(H,20,23). The second kappa shape index (κ2) is 10.5. The molecule has 0 bridgehead atoms. The molecule has 0 aliphatic heterocycles. The van der Waals surface area contributed by atoms with E-state index in [-0.39, 0.29) is 16.0 Å². The van der Waals surface area contributed by atoms with Crippen LogP contribution in [-0.4, -0.2) is 51.4 Å². The zero-order chi connectivity index (χ0) is 19.9. The van der Waals surface area contributed by atoms with Crippen LogP contribution in [-0.2, 0) is 14.8 Å². The summed E-state index contributed by atoms with van der Waals surface area (Å²) in [5, 5.41) is 4.61. The van der Waals surface area contributed by atoms with Crippen LogP contribution in [0.3, 0.4) is 0 Å². The maximum atomic E-state index is 12.5. The molecule has 1 fully saturated rings. The van der Waals surface area contributed by atoms with E-state index in [9.17, 15) is 13.2 Å².